The Bertz CT molecular complexity index is 727. The number of pyridine rings is 1. The molecule has 1 N–H and O–H groups in total. The van der Waals surface area contributed by atoms with Crippen LogP contribution in [0.1, 0.15) is 35.6 Å². The van der Waals surface area contributed by atoms with Gasteiger partial charge >= 0.3 is 5.97 Å². The lowest BCUT2D eigenvalue weighted by molar-refractivity contribution is -0.143. The minimum atomic E-state index is -0.686. The van der Waals surface area contributed by atoms with Gasteiger partial charge < -0.3 is 5.11 Å². The molecule has 4 nitrogen and oxygen atoms in total. The van der Waals surface area contributed by atoms with Gasteiger partial charge in [0, 0.05) is 17.4 Å². The maximum absolute atomic E-state index is 11.2. The van der Waals surface area contributed by atoms with Gasteiger partial charge in [-0.2, -0.15) is 0 Å². The third-order valence-electron chi connectivity index (χ3n) is 4.77. The molecule has 3 rings (SSSR count). The summed E-state index contributed by atoms with van der Waals surface area (Å²) in [5.74, 6) is -0.922. The number of piperidine rings is 1. The Balaban J connectivity index is 1.95. The molecule has 1 atom stereocenters. The van der Waals surface area contributed by atoms with Crippen molar-refractivity contribution in [1.82, 2.24) is 9.88 Å². The van der Waals surface area contributed by atoms with Gasteiger partial charge in [0.1, 0.15) is 0 Å². The number of hydrogen-bond donors (Lipinski definition) is 1. The number of aryl methyl sites for hydroxylation is 1. The largest absolute Gasteiger partial charge is 0.481 e. The average Bonchev–Trinajstić information content (AvgIpc) is 2.57. The lowest BCUT2D eigenvalue weighted by Gasteiger charge is -2.37. The Kier molecular flexibility index (Phi) is 5.17. The normalized spacial score (nSPS) is 17.6. The van der Waals surface area contributed by atoms with Crippen molar-refractivity contribution >= 4 is 17.6 Å². The molecule has 1 aliphatic heterocycles. The number of aromatic nitrogens is 1. The van der Waals surface area contributed by atoms with Crippen molar-refractivity contribution in [2.24, 2.45) is 5.92 Å². The molecule has 1 aromatic heterocycles. The molecule has 0 spiro atoms. The Morgan fingerprint density at radius 3 is 2.71 bits per heavy atom. The van der Waals surface area contributed by atoms with Crippen molar-refractivity contribution in [2.75, 3.05) is 13.1 Å². The van der Waals surface area contributed by atoms with Crippen molar-refractivity contribution in [3.8, 4) is 0 Å². The highest BCUT2D eigenvalue weighted by Crippen LogP contribution is 2.34. The maximum atomic E-state index is 11.2. The highest BCUT2D eigenvalue weighted by molar-refractivity contribution is 6.30. The van der Waals surface area contributed by atoms with Crippen LogP contribution in [0.2, 0.25) is 5.02 Å². The molecule has 2 heterocycles. The summed E-state index contributed by atoms with van der Waals surface area (Å²) in [6.45, 7) is 3.58. The van der Waals surface area contributed by atoms with Crippen molar-refractivity contribution < 1.29 is 9.90 Å². The standard InChI is InChI=1S/C19H21ClN2O2/c1-13-12-21-8-5-17(13)18(15-3-2-4-16(20)11-15)22-9-6-14(7-10-22)19(23)24/h2-5,8,11-12,14,18H,6-7,9-10H2,1H3,(H,23,24). The summed E-state index contributed by atoms with van der Waals surface area (Å²) in [4.78, 5) is 17.8. The van der Waals surface area contributed by atoms with E-state index in [0.717, 1.165) is 24.2 Å². The average molecular weight is 345 g/mol. The summed E-state index contributed by atoms with van der Waals surface area (Å²) in [7, 11) is 0. The number of likely N-dealkylation sites (tertiary alicyclic amines) is 1. The number of rotatable bonds is 4. The lowest BCUT2D eigenvalue weighted by atomic mass is 9.90. The van der Waals surface area contributed by atoms with Crippen LogP contribution < -0.4 is 0 Å². The first-order valence-corrected chi connectivity index (χ1v) is 8.57. The van der Waals surface area contributed by atoms with Crippen molar-refractivity contribution in [3.63, 3.8) is 0 Å². The molecule has 1 saturated heterocycles. The number of carbonyl (C=O) groups is 1. The first-order chi connectivity index (χ1) is 11.6. The fraction of sp³-hybridized carbons (Fsp3) is 0.368. The number of hydrogen-bond acceptors (Lipinski definition) is 3. The molecule has 126 valence electrons. The zero-order valence-electron chi connectivity index (χ0n) is 13.7. The zero-order chi connectivity index (χ0) is 17.1. The lowest BCUT2D eigenvalue weighted by Crippen LogP contribution is -2.39. The van der Waals surface area contributed by atoms with Crippen LogP contribution in [0.5, 0.6) is 0 Å². The molecule has 5 heteroatoms. The molecule has 1 aliphatic rings. The second-order valence-corrected chi connectivity index (χ2v) is 6.77. The Morgan fingerprint density at radius 2 is 2.08 bits per heavy atom. The molecular formula is C19H21ClN2O2. The molecule has 0 bridgehead atoms. The smallest absolute Gasteiger partial charge is 0.306 e. The summed E-state index contributed by atoms with van der Waals surface area (Å²) in [6, 6.07) is 10.0. The highest BCUT2D eigenvalue weighted by Gasteiger charge is 2.30. The van der Waals surface area contributed by atoms with Gasteiger partial charge in [0.05, 0.1) is 12.0 Å². The third kappa shape index (κ3) is 3.60. The number of nitrogens with zero attached hydrogens (tertiary/aromatic N) is 2. The van der Waals surface area contributed by atoms with Crippen LogP contribution >= 0.6 is 11.6 Å². The summed E-state index contributed by atoms with van der Waals surface area (Å²) in [6.07, 6.45) is 5.04. The molecule has 1 unspecified atom stereocenters. The van der Waals surface area contributed by atoms with Crippen molar-refractivity contribution in [3.05, 3.63) is 64.4 Å². The van der Waals surface area contributed by atoms with E-state index >= 15 is 0 Å². The van der Waals surface area contributed by atoms with Crippen molar-refractivity contribution in [1.29, 1.82) is 0 Å². The van der Waals surface area contributed by atoms with Gasteiger partial charge in [-0.3, -0.25) is 14.7 Å². The minimum Gasteiger partial charge on any atom is -0.481 e. The Hall–Kier alpha value is -1.91. The molecule has 0 saturated carbocycles. The van der Waals surface area contributed by atoms with Crippen LogP contribution in [-0.2, 0) is 4.79 Å². The summed E-state index contributed by atoms with van der Waals surface area (Å²) in [5.41, 5.74) is 3.45. The number of aliphatic carboxylic acids is 1. The molecular weight excluding hydrogens is 324 g/mol. The van der Waals surface area contributed by atoms with Gasteiger partial charge in [-0.1, -0.05) is 23.7 Å². The van der Waals surface area contributed by atoms with Gasteiger partial charge in [0.15, 0.2) is 0 Å². The van der Waals surface area contributed by atoms with Crippen molar-refractivity contribution in [2.45, 2.75) is 25.8 Å². The predicted octanol–water partition coefficient (Wildman–Crippen LogP) is 3.93. The molecule has 1 fully saturated rings. The predicted molar refractivity (Wildman–Crippen MR) is 94.2 cm³/mol. The molecule has 1 aromatic carbocycles. The molecule has 0 amide bonds. The van der Waals surface area contributed by atoms with E-state index in [1.807, 2.05) is 36.7 Å². The Labute approximate surface area is 147 Å². The van der Waals surface area contributed by atoms with E-state index in [-0.39, 0.29) is 12.0 Å². The second-order valence-electron chi connectivity index (χ2n) is 6.34. The van der Waals surface area contributed by atoms with Crippen LogP contribution in [0, 0.1) is 12.8 Å². The third-order valence-corrected chi connectivity index (χ3v) is 5.00. The number of halogens is 1. The van der Waals surface area contributed by atoms with Crippen LogP contribution in [0.3, 0.4) is 0 Å². The number of benzene rings is 1. The van der Waals surface area contributed by atoms with Gasteiger partial charge in [0.25, 0.3) is 0 Å². The topological polar surface area (TPSA) is 53.4 Å². The number of carboxylic acids is 1. The fourth-order valence-electron chi connectivity index (χ4n) is 3.46. The number of carboxylic acid groups (broad SMARTS) is 1. The maximum Gasteiger partial charge on any atom is 0.306 e. The van der Waals surface area contributed by atoms with E-state index in [0.29, 0.717) is 17.9 Å². The van der Waals surface area contributed by atoms with Crippen LogP contribution in [0.15, 0.2) is 42.7 Å². The van der Waals surface area contributed by atoms with E-state index in [1.165, 1.54) is 5.56 Å². The Morgan fingerprint density at radius 1 is 1.33 bits per heavy atom. The van der Waals surface area contributed by atoms with E-state index in [1.54, 1.807) is 0 Å². The van der Waals surface area contributed by atoms with Gasteiger partial charge in [-0.05, 0) is 67.7 Å². The summed E-state index contributed by atoms with van der Waals surface area (Å²) < 4.78 is 0. The highest BCUT2D eigenvalue weighted by atomic mass is 35.5. The summed E-state index contributed by atoms with van der Waals surface area (Å²) in [5, 5.41) is 9.95. The SMILES string of the molecule is Cc1cnccc1C(c1cccc(Cl)c1)N1CCC(C(=O)O)CC1. The summed E-state index contributed by atoms with van der Waals surface area (Å²) >= 11 is 6.21. The van der Waals surface area contributed by atoms with E-state index in [2.05, 4.69) is 22.9 Å². The van der Waals surface area contributed by atoms with Gasteiger partial charge in [-0.15, -0.1) is 0 Å². The van der Waals surface area contributed by atoms with Crippen LogP contribution in [0.25, 0.3) is 0 Å². The molecule has 24 heavy (non-hydrogen) atoms. The molecule has 0 radical (unpaired) electrons. The first kappa shape index (κ1) is 16.9. The van der Waals surface area contributed by atoms with Gasteiger partial charge in [-0.25, -0.2) is 0 Å². The monoisotopic (exact) mass is 344 g/mol. The van der Waals surface area contributed by atoms with Crippen LogP contribution in [0.4, 0.5) is 0 Å². The molecule has 0 aliphatic carbocycles. The second kappa shape index (κ2) is 7.32. The first-order valence-electron chi connectivity index (χ1n) is 8.19. The van der Waals surface area contributed by atoms with E-state index in [9.17, 15) is 9.90 Å². The van der Waals surface area contributed by atoms with Gasteiger partial charge in [0.2, 0.25) is 0 Å². The van der Waals surface area contributed by atoms with E-state index in [4.69, 9.17) is 11.6 Å². The van der Waals surface area contributed by atoms with E-state index < -0.39 is 5.97 Å². The minimum absolute atomic E-state index is 0.0708. The zero-order valence-corrected chi connectivity index (χ0v) is 14.4. The van der Waals surface area contributed by atoms with Crippen LogP contribution in [-0.4, -0.2) is 34.0 Å². The quantitative estimate of drug-likeness (QED) is 0.913. The molecule has 2 aromatic rings. The fourth-order valence-corrected chi connectivity index (χ4v) is 3.66.